The molecule has 2 N–H and O–H groups in total. The number of hydrogen-bond acceptors (Lipinski definition) is 3. The van der Waals surface area contributed by atoms with E-state index in [9.17, 15) is 4.79 Å². The molecule has 0 bridgehead atoms. The van der Waals surface area contributed by atoms with Crippen LogP contribution in [0.25, 0.3) is 0 Å². The third-order valence-electron chi connectivity index (χ3n) is 3.24. The highest BCUT2D eigenvalue weighted by molar-refractivity contribution is 5.85. The first-order valence-corrected chi connectivity index (χ1v) is 5.92. The Kier molecular flexibility index (Phi) is 6.09. The van der Waals surface area contributed by atoms with E-state index in [0.717, 1.165) is 25.6 Å². The van der Waals surface area contributed by atoms with E-state index < -0.39 is 0 Å². The molecule has 94 valence electrons. The summed E-state index contributed by atoms with van der Waals surface area (Å²) < 4.78 is 5.30. The lowest BCUT2D eigenvalue weighted by Gasteiger charge is -2.26. The van der Waals surface area contributed by atoms with Crippen molar-refractivity contribution in [2.45, 2.75) is 31.7 Å². The second kappa shape index (κ2) is 7.09. The lowest BCUT2D eigenvalue weighted by molar-refractivity contribution is -0.122. The van der Waals surface area contributed by atoms with Crippen molar-refractivity contribution in [1.82, 2.24) is 10.6 Å². The van der Waals surface area contributed by atoms with Crippen molar-refractivity contribution >= 4 is 18.3 Å². The predicted octanol–water partition coefficient (Wildman–Crippen LogP) is 0.703. The molecule has 4 nitrogen and oxygen atoms in total. The minimum absolute atomic E-state index is 0. The fraction of sp³-hybridized carbons (Fsp3) is 0.909. The standard InChI is InChI=1S/C11H20N2O2.ClH/c14-11(13-7-9-2-1-3-9)6-10-8-15-5-4-12-10;/h9-10,12H,1-8H2,(H,13,14);1H. The molecule has 1 saturated carbocycles. The number of morpholine rings is 1. The molecule has 2 fully saturated rings. The maximum absolute atomic E-state index is 11.5. The summed E-state index contributed by atoms with van der Waals surface area (Å²) in [6.07, 6.45) is 4.45. The summed E-state index contributed by atoms with van der Waals surface area (Å²) in [5.74, 6) is 0.898. The van der Waals surface area contributed by atoms with Crippen LogP contribution >= 0.6 is 12.4 Å². The predicted molar refractivity (Wildman–Crippen MR) is 64.8 cm³/mol. The van der Waals surface area contributed by atoms with Gasteiger partial charge in [0.1, 0.15) is 0 Å². The van der Waals surface area contributed by atoms with Gasteiger partial charge in [0.2, 0.25) is 5.91 Å². The molecule has 1 atom stereocenters. The molecular weight excluding hydrogens is 228 g/mol. The number of carbonyl (C=O) groups excluding carboxylic acids is 1. The molecule has 0 aromatic carbocycles. The Morgan fingerprint density at radius 3 is 2.81 bits per heavy atom. The van der Waals surface area contributed by atoms with E-state index in [4.69, 9.17) is 4.74 Å². The number of halogens is 1. The first-order chi connectivity index (χ1) is 7.34. The lowest BCUT2D eigenvalue weighted by atomic mass is 9.85. The van der Waals surface area contributed by atoms with E-state index >= 15 is 0 Å². The van der Waals surface area contributed by atoms with Crippen LogP contribution in [0.5, 0.6) is 0 Å². The third-order valence-corrected chi connectivity index (χ3v) is 3.24. The Morgan fingerprint density at radius 1 is 1.44 bits per heavy atom. The highest BCUT2D eigenvalue weighted by atomic mass is 35.5. The summed E-state index contributed by atoms with van der Waals surface area (Å²) in [5, 5.41) is 6.28. The van der Waals surface area contributed by atoms with Crippen molar-refractivity contribution in [2.24, 2.45) is 5.92 Å². The SMILES string of the molecule is Cl.O=C(CC1COCCN1)NCC1CCC1. The molecule has 2 rings (SSSR count). The van der Waals surface area contributed by atoms with Gasteiger partial charge in [-0.25, -0.2) is 0 Å². The maximum Gasteiger partial charge on any atom is 0.221 e. The molecule has 1 saturated heterocycles. The minimum atomic E-state index is 0. The van der Waals surface area contributed by atoms with Crippen molar-refractivity contribution in [1.29, 1.82) is 0 Å². The Morgan fingerprint density at radius 2 is 2.25 bits per heavy atom. The number of hydrogen-bond donors (Lipinski definition) is 2. The zero-order valence-electron chi connectivity index (χ0n) is 9.54. The van der Waals surface area contributed by atoms with E-state index in [-0.39, 0.29) is 24.4 Å². The number of nitrogens with one attached hydrogen (secondary N) is 2. The summed E-state index contributed by atoms with van der Waals surface area (Å²) in [6, 6.07) is 0.208. The van der Waals surface area contributed by atoms with Gasteiger partial charge in [-0.05, 0) is 18.8 Å². The van der Waals surface area contributed by atoms with Gasteiger partial charge in [-0.15, -0.1) is 12.4 Å². The number of ether oxygens (including phenoxy) is 1. The summed E-state index contributed by atoms with van der Waals surface area (Å²) in [7, 11) is 0. The molecule has 0 aromatic rings. The van der Waals surface area contributed by atoms with E-state index in [2.05, 4.69) is 10.6 Å². The number of amides is 1. The van der Waals surface area contributed by atoms with Crippen LogP contribution in [-0.4, -0.2) is 38.3 Å². The average molecular weight is 249 g/mol. The molecule has 16 heavy (non-hydrogen) atoms. The van der Waals surface area contributed by atoms with E-state index in [0.29, 0.717) is 13.0 Å². The van der Waals surface area contributed by atoms with Crippen LogP contribution in [0, 0.1) is 5.92 Å². The van der Waals surface area contributed by atoms with Gasteiger partial charge < -0.3 is 15.4 Å². The lowest BCUT2D eigenvalue weighted by Crippen LogP contribution is -2.45. The number of carbonyl (C=O) groups is 1. The topological polar surface area (TPSA) is 50.4 Å². The van der Waals surface area contributed by atoms with Gasteiger partial charge in [0.15, 0.2) is 0 Å². The molecule has 1 aliphatic heterocycles. The smallest absolute Gasteiger partial charge is 0.221 e. The monoisotopic (exact) mass is 248 g/mol. The van der Waals surface area contributed by atoms with Crippen molar-refractivity contribution in [3.8, 4) is 0 Å². The van der Waals surface area contributed by atoms with Gasteiger partial charge in [0.05, 0.1) is 13.2 Å². The van der Waals surface area contributed by atoms with Crippen LogP contribution in [0.15, 0.2) is 0 Å². The zero-order valence-corrected chi connectivity index (χ0v) is 10.4. The Labute approximate surface area is 103 Å². The fourth-order valence-electron chi connectivity index (χ4n) is 2.00. The largest absolute Gasteiger partial charge is 0.378 e. The second-order valence-corrected chi connectivity index (χ2v) is 4.53. The molecule has 5 heteroatoms. The van der Waals surface area contributed by atoms with Crippen LogP contribution in [0.3, 0.4) is 0 Å². The fourth-order valence-corrected chi connectivity index (χ4v) is 2.00. The van der Waals surface area contributed by atoms with E-state index in [1.54, 1.807) is 0 Å². The van der Waals surface area contributed by atoms with Crippen molar-refractivity contribution in [3.05, 3.63) is 0 Å². The maximum atomic E-state index is 11.5. The molecule has 2 aliphatic rings. The highest BCUT2D eigenvalue weighted by Crippen LogP contribution is 2.25. The molecule has 1 heterocycles. The van der Waals surface area contributed by atoms with E-state index in [1.807, 2.05) is 0 Å². The highest BCUT2D eigenvalue weighted by Gasteiger charge is 2.20. The van der Waals surface area contributed by atoms with Crippen molar-refractivity contribution in [2.75, 3.05) is 26.3 Å². The number of rotatable bonds is 4. The average Bonchev–Trinajstić information content (AvgIpc) is 2.17. The summed E-state index contributed by atoms with van der Waals surface area (Å²) >= 11 is 0. The summed E-state index contributed by atoms with van der Waals surface area (Å²) in [4.78, 5) is 11.5. The molecule has 0 radical (unpaired) electrons. The van der Waals surface area contributed by atoms with Gasteiger partial charge in [-0.2, -0.15) is 0 Å². The molecule has 1 unspecified atom stereocenters. The molecule has 1 amide bonds. The van der Waals surface area contributed by atoms with Crippen molar-refractivity contribution in [3.63, 3.8) is 0 Å². The summed E-state index contributed by atoms with van der Waals surface area (Å²) in [6.45, 7) is 3.16. The normalized spacial score (nSPS) is 25.4. The third kappa shape index (κ3) is 4.28. The van der Waals surface area contributed by atoms with Crippen LogP contribution < -0.4 is 10.6 Å². The Hall–Kier alpha value is -0.320. The Balaban J connectivity index is 0.00000128. The molecule has 0 aromatic heterocycles. The summed E-state index contributed by atoms with van der Waals surface area (Å²) in [5.41, 5.74) is 0. The van der Waals surface area contributed by atoms with Gasteiger partial charge >= 0.3 is 0 Å². The zero-order chi connectivity index (χ0) is 10.5. The first kappa shape index (κ1) is 13.7. The van der Waals surface area contributed by atoms with Gasteiger partial charge in [0.25, 0.3) is 0 Å². The minimum Gasteiger partial charge on any atom is -0.378 e. The van der Waals surface area contributed by atoms with Crippen LogP contribution in [-0.2, 0) is 9.53 Å². The van der Waals surface area contributed by atoms with Crippen LogP contribution in [0.2, 0.25) is 0 Å². The van der Waals surface area contributed by atoms with Gasteiger partial charge in [-0.1, -0.05) is 6.42 Å². The Bertz CT molecular complexity index is 216. The van der Waals surface area contributed by atoms with E-state index in [1.165, 1.54) is 19.3 Å². The van der Waals surface area contributed by atoms with Crippen LogP contribution in [0.1, 0.15) is 25.7 Å². The second-order valence-electron chi connectivity index (χ2n) is 4.53. The quantitative estimate of drug-likeness (QED) is 0.770. The molecular formula is C11H21ClN2O2. The van der Waals surface area contributed by atoms with Gasteiger partial charge in [-0.3, -0.25) is 4.79 Å². The van der Waals surface area contributed by atoms with Crippen LogP contribution in [0.4, 0.5) is 0 Å². The molecule has 1 aliphatic carbocycles. The molecule has 0 spiro atoms. The van der Waals surface area contributed by atoms with Crippen molar-refractivity contribution < 1.29 is 9.53 Å². The first-order valence-electron chi connectivity index (χ1n) is 5.92. The van der Waals surface area contributed by atoms with Gasteiger partial charge in [0, 0.05) is 25.6 Å².